The lowest BCUT2D eigenvalue weighted by Gasteiger charge is -2.30. The first kappa shape index (κ1) is 11.9. The summed E-state index contributed by atoms with van der Waals surface area (Å²) in [6.07, 6.45) is 2.26. The molecule has 94 valence electrons. The molecule has 2 aromatic rings. The fraction of sp³-hybridized carbons (Fsp3) is 0.400. The molecule has 1 heterocycles. The van der Waals surface area contributed by atoms with Gasteiger partial charge in [0.05, 0.1) is 10.7 Å². The van der Waals surface area contributed by atoms with E-state index in [9.17, 15) is 0 Å². The van der Waals surface area contributed by atoms with E-state index >= 15 is 0 Å². The molecule has 1 aromatic carbocycles. The number of aromatic nitrogens is 1. The molecule has 18 heavy (non-hydrogen) atoms. The lowest BCUT2D eigenvalue weighted by Crippen LogP contribution is -2.28. The van der Waals surface area contributed by atoms with Crippen LogP contribution in [0.1, 0.15) is 34.7 Å². The first-order valence-corrected chi connectivity index (χ1v) is 7.46. The van der Waals surface area contributed by atoms with Gasteiger partial charge in [0.25, 0.3) is 0 Å². The van der Waals surface area contributed by atoms with Crippen molar-refractivity contribution in [1.29, 1.82) is 0 Å². The maximum absolute atomic E-state index is 4.57. The van der Waals surface area contributed by atoms with Gasteiger partial charge in [0.2, 0.25) is 0 Å². The van der Waals surface area contributed by atoms with Crippen LogP contribution < -0.4 is 5.32 Å². The number of hydrogen-bond acceptors (Lipinski definition) is 3. The minimum absolute atomic E-state index is 0.700. The zero-order chi connectivity index (χ0) is 12.4. The molecule has 1 N–H and O–H groups in total. The van der Waals surface area contributed by atoms with Crippen molar-refractivity contribution in [1.82, 2.24) is 10.3 Å². The van der Waals surface area contributed by atoms with Crippen LogP contribution in [0.4, 0.5) is 0 Å². The van der Waals surface area contributed by atoms with E-state index < -0.39 is 0 Å². The largest absolute Gasteiger partial charge is 0.311 e. The van der Waals surface area contributed by atoms with Gasteiger partial charge in [-0.15, -0.1) is 11.3 Å². The molecule has 1 unspecified atom stereocenters. The molecule has 3 heteroatoms. The number of nitrogens with zero attached hydrogens (tertiary/aromatic N) is 1. The number of nitrogens with one attached hydrogen (secondary N) is 1. The second-order valence-corrected chi connectivity index (χ2v) is 5.76. The van der Waals surface area contributed by atoms with E-state index in [0.717, 1.165) is 19.5 Å². The molecular formula is C15H18N2S. The third kappa shape index (κ3) is 2.33. The number of benzene rings is 1. The van der Waals surface area contributed by atoms with Gasteiger partial charge in [0.15, 0.2) is 0 Å². The minimum atomic E-state index is 0.700. The van der Waals surface area contributed by atoms with Gasteiger partial charge in [-0.3, -0.25) is 0 Å². The summed E-state index contributed by atoms with van der Waals surface area (Å²) in [6.45, 7) is 4.12. The number of rotatable bonds is 5. The van der Waals surface area contributed by atoms with Crippen LogP contribution in [-0.2, 0) is 19.4 Å². The zero-order valence-corrected chi connectivity index (χ0v) is 11.5. The first-order chi connectivity index (χ1) is 8.86. The lowest BCUT2D eigenvalue weighted by atomic mass is 9.77. The summed E-state index contributed by atoms with van der Waals surface area (Å²) in [7, 11) is 0. The third-order valence-electron chi connectivity index (χ3n) is 3.56. The summed E-state index contributed by atoms with van der Waals surface area (Å²) < 4.78 is 0. The molecule has 2 nitrogen and oxygen atoms in total. The molecule has 1 aliphatic carbocycles. The van der Waals surface area contributed by atoms with E-state index in [4.69, 9.17) is 0 Å². The summed E-state index contributed by atoms with van der Waals surface area (Å²) in [5.74, 6) is 0.700. The predicted octanol–water partition coefficient (Wildman–Crippen LogP) is 3.14. The molecule has 0 spiro atoms. The summed E-state index contributed by atoms with van der Waals surface area (Å²) in [5, 5.41) is 6.93. The van der Waals surface area contributed by atoms with E-state index in [1.807, 2.05) is 0 Å². The molecule has 0 bridgehead atoms. The molecule has 0 saturated heterocycles. The molecule has 0 fully saturated rings. The molecule has 1 aliphatic rings. The topological polar surface area (TPSA) is 24.9 Å². The molecule has 0 saturated carbocycles. The fourth-order valence-corrected chi connectivity index (χ4v) is 3.26. The Morgan fingerprint density at radius 1 is 1.39 bits per heavy atom. The Balaban J connectivity index is 1.49. The summed E-state index contributed by atoms with van der Waals surface area (Å²) in [4.78, 5) is 4.57. The quantitative estimate of drug-likeness (QED) is 0.891. The molecular weight excluding hydrogens is 240 g/mol. The Morgan fingerprint density at radius 2 is 2.28 bits per heavy atom. The third-order valence-corrected chi connectivity index (χ3v) is 4.60. The van der Waals surface area contributed by atoms with E-state index in [1.54, 1.807) is 11.3 Å². The maximum Gasteiger partial charge on any atom is 0.0926 e. The van der Waals surface area contributed by atoms with Crippen LogP contribution in [0.5, 0.6) is 0 Å². The van der Waals surface area contributed by atoms with Crippen molar-refractivity contribution in [2.24, 2.45) is 0 Å². The van der Waals surface area contributed by atoms with Crippen LogP contribution >= 0.6 is 11.3 Å². The van der Waals surface area contributed by atoms with E-state index in [2.05, 4.69) is 46.9 Å². The molecule has 0 amide bonds. The smallest absolute Gasteiger partial charge is 0.0926 e. The van der Waals surface area contributed by atoms with E-state index in [-0.39, 0.29) is 0 Å². The first-order valence-electron chi connectivity index (χ1n) is 6.58. The van der Waals surface area contributed by atoms with Gasteiger partial charge < -0.3 is 5.32 Å². The average Bonchev–Trinajstić information content (AvgIpc) is 2.83. The molecule has 0 radical (unpaired) electrons. The average molecular weight is 258 g/mol. The van der Waals surface area contributed by atoms with Gasteiger partial charge >= 0.3 is 0 Å². The van der Waals surface area contributed by atoms with Crippen LogP contribution in [0, 0.1) is 0 Å². The van der Waals surface area contributed by atoms with Gasteiger partial charge in [-0.2, -0.15) is 0 Å². The SMILES string of the molecule is CCc1nc(CNCC2Cc3ccccc32)cs1. The fourth-order valence-electron chi connectivity index (χ4n) is 2.51. The van der Waals surface area contributed by atoms with E-state index in [0.29, 0.717) is 5.92 Å². The number of fused-ring (bicyclic) bond motifs is 1. The zero-order valence-electron chi connectivity index (χ0n) is 10.6. The second kappa shape index (κ2) is 5.21. The van der Waals surface area contributed by atoms with Gasteiger partial charge in [-0.1, -0.05) is 31.2 Å². The van der Waals surface area contributed by atoms with Crippen LogP contribution in [0.3, 0.4) is 0 Å². The summed E-state index contributed by atoms with van der Waals surface area (Å²) in [5.41, 5.74) is 4.23. The van der Waals surface area contributed by atoms with Crippen LogP contribution in [0.25, 0.3) is 0 Å². The van der Waals surface area contributed by atoms with Crippen LogP contribution in [-0.4, -0.2) is 11.5 Å². The van der Waals surface area contributed by atoms with Crippen molar-refractivity contribution in [2.75, 3.05) is 6.54 Å². The van der Waals surface area contributed by atoms with Crippen molar-refractivity contribution in [3.8, 4) is 0 Å². The highest BCUT2D eigenvalue weighted by Crippen LogP contribution is 2.33. The Kier molecular flexibility index (Phi) is 3.43. The molecule has 1 aromatic heterocycles. The minimum Gasteiger partial charge on any atom is -0.311 e. The lowest BCUT2D eigenvalue weighted by molar-refractivity contribution is 0.533. The van der Waals surface area contributed by atoms with Gasteiger partial charge in [-0.05, 0) is 24.0 Å². The molecule has 3 rings (SSSR count). The Labute approximate surface area is 112 Å². The predicted molar refractivity (Wildman–Crippen MR) is 76.1 cm³/mol. The summed E-state index contributed by atoms with van der Waals surface area (Å²) in [6, 6.07) is 8.76. The van der Waals surface area contributed by atoms with Crippen molar-refractivity contribution in [3.05, 3.63) is 51.5 Å². The van der Waals surface area contributed by atoms with E-state index in [1.165, 1.54) is 28.2 Å². The van der Waals surface area contributed by atoms with Crippen LogP contribution in [0.2, 0.25) is 0 Å². The van der Waals surface area contributed by atoms with Crippen molar-refractivity contribution in [2.45, 2.75) is 32.2 Å². The highest BCUT2D eigenvalue weighted by Gasteiger charge is 2.24. The Hall–Kier alpha value is -1.19. The highest BCUT2D eigenvalue weighted by molar-refractivity contribution is 7.09. The number of hydrogen-bond donors (Lipinski definition) is 1. The van der Waals surface area contributed by atoms with Gasteiger partial charge in [0, 0.05) is 24.4 Å². The van der Waals surface area contributed by atoms with Crippen molar-refractivity contribution < 1.29 is 0 Å². The molecule has 1 atom stereocenters. The summed E-state index contributed by atoms with van der Waals surface area (Å²) >= 11 is 1.77. The van der Waals surface area contributed by atoms with Crippen molar-refractivity contribution >= 4 is 11.3 Å². The van der Waals surface area contributed by atoms with Gasteiger partial charge in [-0.25, -0.2) is 4.98 Å². The van der Waals surface area contributed by atoms with Gasteiger partial charge in [0.1, 0.15) is 0 Å². The monoisotopic (exact) mass is 258 g/mol. The second-order valence-electron chi connectivity index (χ2n) is 4.82. The normalized spacial score (nSPS) is 17.3. The highest BCUT2D eigenvalue weighted by atomic mass is 32.1. The van der Waals surface area contributed by atoms with Crippen LogP contribution in [0.15, 0.2) is 29.6 Å². The number of aryl methyl sites for hydroxylation is 1. The number of thiazole rings is 1. The Bertz CT molecular complexity index is 533. The Morgan fingerprint density at radius 3 is 3.06 bits per heavy atom. The maximum atomic E-state index is 4.57. The van der Waals surface area contributed by atoms with Crippen molar-refractivity contribution in [3.63, 3.8) is 0 Å². The molecule has 0 aliphatic heterocycles. The standard InChI is InChI=1S/C15H18N2S/c1-2-15-17-13(10-18-15)9-16-8-12-7-11-5-3-4-6-14(11)12/h3-6,10,12,16H,2,7-9H2,1H3.